The predicted molar refractivity (Wildman–Crippen MR) is 114 cm³/mol. The summed E-state index contributed by atoms with van der Waals surface area (Å²) in [7, 11) is 0. The van der Waals surface area contributed by atoms with E-state index in [2.05, 4.69) is 9.97 Å². The Bertz CT molecular complexity index is 1400. The first-order valence-corrected chi connectivity index (χ1v) is 9.74. The second kappa shape index (κ2) is 7.11. The molecule has 0 saturated carbocycles. The number of hydrogen-bond donors (Lipinski definition) is 1. The number of pyridine rings is 1. The van der Waals surface area contributed by atoms with Crippen LogP contribution in [-0.2, 0) is 6.42 Å². The van der Waals surface area contributed by atoms with E-state index in [1.54, 1.807) is 35.2 Å². The minimum atomic E-state index is -0.598. The van der Waals surface area contributed by atoms with Gasteiger partial charge in [0.25, 0.3) is 11.5 Å². The quantitative estimate of drug-likeness (QED) is 0.562. The summed E-state index contributed by atoms with van der Waals surface area (Å²) in [5.74, 6) is -0.0702. The molecule has 1 amide bonds. The summed E-state index contributed by atoms with van der Waals surface area (Å²) in [6.07, 6.45) is 3.26. The smallest absolute Gasteiger partial charge is 0.308 e. The van der Waals surface area contributed by atoms with Crippen LogP contribution < -0.4 is 16.1 Å². The zero-order chi connectivity index (χ0) is 20.7. The molecule has 1 N–H and O–H groups in total. The van der Waals surface area contributed by atoms with Gasteiger partial charge in [0.15, 0.2) is 0 Å². The average Bonchev–Trinajstić information content (AvgIpc) is 2.78. The highest BCUT2D eigenvalue weighted by atomic mass is 16.2. The van der Waals surface area contributed by atoms with Gasteiger partial charge in [0.2, 0.25) is 0 Å². The van der Waals surface area contributed by atoms with Crippen molar-refractivity contribution in [3.63, 3.8) is 0 Å². The molecule has 2 aromatic heterocycles. The Morgan fingerprint density at radius 3 is 2.70 bits per heavy atom. The minimum absolute atomic E-state index is 0.114. The van der Waals surface area contributed by atoms with Crippen LogP contribution in [0.1, 0.15) is 22.3 Å². The molecule has 0 spiro atoms. The number of carbonyl (C=O) groups excluding carboxylic acids is 1. The summed E-state index contributed by atoms with van der Waals surface area (Å²) in [6, 6.07) is 17.7. The largest absolute Gasteiger partial charge is 0.334 e. The van der Waals surface area contributed by atoms with E-state index in [1.165, 1.54) is 12.3 Å². The molecule has 0 aliphatic carbocycles. The Morgan fingerprint density at radius 1 is 1.00 bits per heavy atom. The van der Waals surface area contributed by atoms with E-state index < -0.39 is 11.2 Å². The van der Waals surface area contributed by atoms with Gasteiger partial charge in [-0.25, -0.2) is 14.3 Å². The lowest BCUT2D eigenvalue weighted by atomic mass is 10.0. The lowest BCUT2D eigenvalue weighted by molar-refractivity contribution is 0.0985. The summed E-state index contributed by atoms with van der Waals surface area (Å²) < 4.78 is 0.962. The van der Waals surface area contributed by atoms with E-state index in [1.807, 2.05) is 24.3 Å². The Morgan fingerprint density at radius 2 is 1.80 bits per heavy atom. The van der Waals surface area contributed by atoms with Crippen LogP contribution in [-0.4, -0.2) is 27.0 Å². The maximum Gasteiger partial charge on any atom is 0.334 e. The maximum atomic E-state index is 13.3. The van der Waals surface area contributed by atoms with Crippen molar-refractivity contribution < 1.29 is 4.79 Å². The van der Waals surface area contributed by atoms with Gasteiger partial charge in [-0.1, -0.05) is 30.3 Å². The second-order valence-electron chi connectivity index (χ2n) is 7.21. The molecule has 148 valence electrons. The van der Waals surface area contributed by atoms with E-state index in [0.29, 0.717) is 23.0 Å². The highest BCUT2D eigenvalue weighted by molar-refractivity contribution is 6.07. The predicted octanol–water partition coefficient (Wildman–Crippen LogP) is 2.67. The first-order valence-electron chi connectivity index (χ1n) is 9.74. The van der Waals surface area contributed by atoms with Crippen molar-refractivity contribution in [3.05, 3.63) is 98.8 Å². The lowest BCUT2D eigenvalue weighted by Gasteiger charge is -2.29. The van der Waals surface area contributed by atoms with Crippen LogP contribution in [0.15, 0.2) is 76.4 Å². The zero-order valence-corrected chi connectivity index (χ0v) is 16.0. The average molecular weight is 398 g/mol. The Labute approximate surface area is 171 Å². The Hall–Kier alpha value is -4.00. The van der Waals surface area contributed by atoms with Gasteiger partial charge in [0.05, 0.1) is 10.9 Å². The van der Waals surface area contributed by atoms with E-state index in [-0.39, 0.29) is 11.7 Å². The monoisotopic (exact) mass is 398 g/mol. The third kappa shape index (κ3) is 2.91. The molecule has 30 heavy (non-hydrogen) atoms. The fourth-order valence-electron chi connectivity index (χ4n) is 3.94. The van der Waals surface area contributed by atoms with Crippen molar-refractivity contribution in [2.75, 3.05) is 11.4 Å². The first-order chi connectivity index (χ1) is 14.6. The van der Waals surface area contributed by atoms with Crippen LogP contribution in [0.2, 0.25) is 0 Å². The summed E-state index contributed by atoms with van der Waals surface area (Å²) in [5, 5.41) is 0.376. The molecule has 0 atom stereocenters. The minimum Gasteiger partial charge on any atom is -0.308 e. The van der Waals surface area contributed by atoms with Crippen LogP contribution in [0.3, 0.4) is 0 Å². The van der Waals surface area contributed by atoms with Crippen LogP contribution in [0.4, 0.5) is 5.69 Å². The Kier molecular flexibility index (Phi) is 4.28. The number of carbonyl (C=O) groups is 1. The number of aromatic amines is 1. The lowest BCUT2D eigenvalue weighted by Crippen LogP contribution is -2.36. The van der Waals surface area contributed by atoms with E-state index >= 15 is 0 Å². The fraction of sp³-hybridized carbons (Fsp3) is 0.130. The van der Waals surface area contributed by atoms with Crippen LogP contribution in [0.25, 0.3) is 16.7 Å². The van der Waals surface area contributed by atoms with E-state index in [0.717, 1.165) is 28.7 Å². The molecule has 2 aromatic carbocycles. The van der Waals surface area contributed by atoms with Gasteiger partial charge < -0.3 is 9.88 Å². The highest BCUT2D eigenvalue weighted by Crippen LogP contribution is 2.28. The summed E-state index contributed by atoms with van der Waals surface area (Å²) in [6.45, 7) is 0.615. The number of anilines is 1. The molecule has 0 unspecified atom stereocenters. The Balaban J connectivity index is 1.60. The van der Waals surface area contributed by atoms with Gasteiger partial charge in [-0.05, 0) is 48.7 Å². The van der Waals surface area contributed by atoms with Gasteiger partial charge in [-0.15, -0.1) is 0 Å². The number of para-hydroxylation sites is 2. The van der Waals surface area contributed by atoms with Crippen molar-refractivity contribution in [2.24, 2.45) is 0 Å². The maximum absolute atomic E-state index is 13.3. The number of H-pyrrole nitrogens is 1. The molecule has 7 heteroatoms. The number of fused-ring (bicyclic) bond motifs is 2. The highest BCUT2D eigenvalue weighted by Gasteiger charge is 2.24. The molecule has 0 bridgehead atoms. The normalized spacial score (nSPS) is 13.3. The molecular weight excluding hydrogens is 380 g/mol. The van der Waals surface area contributed by atoms with Crippen LogP contribution >= 0.6 is 0 Å². The third-order valence-electron chi connectivity index (χ3n) is 5.38. The standard InChI is InChI=1S/C23H18N4O3/c28-21(26-13-5-7-15-6-1-4-10-19(15)26)16-11-12-24-20(14-16)27-22(29)17-8-2-3-9-18(17)25-23(27)30/h1-4,6,8-12,14H,5,7,13H2,(H,25,30). The van der Waals surface area contributed by atoms with Crippen molar-refractivity contribution in [3.8, 4) is 5.82 Å². The third-order valence-corrected chi connectivity index (χ3v) is 5.38. The number of amides is 1. The second-order valence-corrected chi connectivity index (χ2v) is 7.21. The van der Waals surface area contributed by atoms with Crippen LogP contribution in [0, 0.1) is 0 Å². The van der Waals surface area contributed by atoms with Crippen LogP contribution in [0.5, 0.6) is 0 Å². The number of nitrogens with one attached hydrogen (secondary N) is 1. The molecule has 1 aliphatic heterocycles. The van der Waals surface area contributed by atoms with Crippen molar-refractivity contribution in [1.29, 1.82) is 0 Å². The number of rotatable bonds is 2. The SMILES string of the molecule is O=C(c1ccnc(-n2c(=O)[nH]c3ccccc3c2=O)c1)N1CCCc2ccccc21. The number of aromatic nitrogens is 3. The van der Waals surface area contributed by atoms with E-state index in [4.69, 9.17) is 0 Å². The van der Waals surface area contributed by atoms with Gasteiger partial charge in [0.1, 0.15) is 5.82 Å². The van der Waals surface area contributed by atoms with Gasteiger partial charge in [-0.3, -0.25) is 9.59 Å². The first kappa shape index (κ1) is 18.1. The summed E-state index contributed by atoms with van der Waals surface area (Å²) >= 11 is 0. The molecule has 4 aromatic rings. The zero-order valence-electron chi connectivity index (χ0n) is 16.0. The molecule has 3 heterocycles. The van der Waals surface area contributed by atoms with Gasteiger partial charge in [-0.2, -0.15) is 0 Å². The summed E-state index contributed by atoms with van der Waals surface area (Å²) in [5.41, 5.74) is 1.78. The van der Waals surface area contributed by atoms with Gasteiger partial charge in [0, 0.05) is 24.0 Å². The van der Waals surface area contributed by atoms with E-state index in [9.17, 15) is 14.4 Å². The number of hydrogen-bond acceptors (Lipinski definition) is 4. The molecule has 0 radical (unpaired) electrons. The number of nitrogens with zero attached hydrogens (tertiary/aromatic N) is 3. The van der Waals surface area contributed by atoms with Gasteiger partial charge >= 0.3 is 5.69 Å². The van der Waals surface area contributed by atoms with Crippen molar-refractivity contribution >= 4 is 22.5 Å². The molecule has 0 fully saturated rings. The molecule has 0 saturated heterocycles. The molecule has 1 aliphatic rings. The molecule has 5 rings (SSSR count). The molecule has 7 nitrogen and oxygen atoms in total. The summed E-state index contributed by atoms with van der Waals surface area (Å²) in [4.78, 5) is 47.3. The number of benzene rings is 2. The van der Waals surface area contributed by atoms with Crippen molar-refractivity contribution in [2.45, 2.75) is 12.8 Å². The number of aryl methyl sites for hydroxylation is 1. The van der Waals surface area contributed by atoms with Crippen molar-refractivity contribution in [1.82, 2.24) is 14.5 Å². The topological polar surface area (TPSA) is 88.1 Å². The molecular formula is C23H18N4O3. The fourth-order valence-corrected chi connectivity index (χ4v) is 3.94.